The van der Waals surface area contributed by atoms with Gasteiger partial charge in [-0.25, -0.2) is 0 Å². The zero-order valence-corrected chi connectivity index (χ0v) is 15.0. The molecule has 1 aromatic heterocycles. The van der Waals surface area contributed by atoms with Gasteiger partial charge in [-0.1, -0.05) is 24.3 Å². The molecule has 26 heavy (non-hydrogen) atoms. The van der Waals surface area contributed by atoms with Crippen molar-refractivity contribution in [1.29, 1.82) is 0 Å². The van der Waals surface area contributed by atoms with Crippen LogP contribution in [0.25, 0.3) is 0 Å². The van der Waals surface area contributed by atoms with Gasteiger partial charge in [0.2, 0.25) is 0 Å². The third-order valence-electron chi connectivity index (χ3n) is 5.15. The van der Waals surface area contributed by atoms with Gasteiger partial charge in [0.1, 0.15) is 18.2 Å². The molecule has 0 bridgehead atoms. The number of carbonyl (C=O) groups is 1. The number of hydrogen-bond donors (Lipinski definition) is 2. The SMILES string of the molecule is CC(O)c1cccc(CC[C@H]2C(=O)CC(O)[C@@H]2COCc2ccco2)c1. The molecule has 0 aliphatic heterocycles. The number of aliphatic hydroxyl groups excluding tert-OH is 2. The summed E-state index contributed by atoms with van der Waals surface area (Å²) in [6.45, 7) is 2.42. The van der Waals surface area contributed by atoms with Crippen molar-refractivity contribution in [3.8, 4) is 0 Å². The van der Waals surface area contributed by atoms with E-state index in [4.69, 9.17) is 9.15 Å². The predicted molar refractivity (Wildman–Crippen MR) is 96.4 cm³/mol. The highest BCUT2D eigenvalue weighted by molar-refractivity contribution is 5.84. The second-order valence-corrected chi connectivity index (χ2v) is 7.06. The van der Waals surface area contributed by atoms with Gasteiger partial charge in [-0.05, 0) is 43.0 Å². The van der Waals surface area contributed by atoms with Gasteiger partial charge in [-0.2, -0.15) is 0 Å². The quantitative estimate of drug-likeness (QED) is 0.758. The number of benzene rings is 1. The summed E-state index contributed by atoms with van der Waals surface area (Å²) < 4.78 is 10.9. The van der Waals surface area contributed by atoms with E-state index in [1.54, 1.807) is 19.3 Å². The molecule has 1 aromatic carbocycles. The van der Waals surface area contributed by atoms with Crippen molar-refractivity contribution < 1.29 is 24.2 Å². The molecular weight excluding hydrogens is 332 g/mol. The van der Waals surface area contributed by atoms with Crippen LogP contribution in [0.15, 0.2) is 47.1 Å². The Morgan fingerprint density at radius 3 is 2.88 bits per heavy atom. The Morgan fingerprint density at radius 1 is 1.31 bits per heavy atom. The van der Waals surface area contributed by atoms with Crippen molar-refractivity contribution >= 4 is 5.78 Å². The molecule has 0 spiro atoms. The van der Waals surface area contributed by atoms with Crippen LogP contribution in [0.1, 0.15) is 42.8 Å². The Hall–Kier alpha value is -1.95. The van der Waals surface area contributed by atoms with Gasteiger partial charge in [-0.3, -0.25) is 4.79 Å². The van der Waals surface area contributed by atoms with Crippen molar-refractivity contribution in [3.63, 3.8) is 0 Å². The van der Waals surface area contributed by atoms with Crippen LogP contribution in [0.3, 0.4) is 0 Å². The number of aryl methyl sites for hydroxylation is 1. The van der Waals surface area contributed by atoms with E-state index >= 15 is 0 Å². The van der Waals surface area contributed by atoms with Gasteiger partial charge in [0, 0.05) is 18.3 Å². The lowest BCUT2D eigenvalue weighted by atomic mass is 9.89. The average molecular weight is 358 g/mol. The minimum atomic E-state index is -0.645. The Labute approximate surface area is 153 Å². The van der Waals surface area contributed by atoms with E-state index in [9.17, 15) is 15.0 Å². The zero-order chi connectivity index (χ0) is 18.5. The summed E-state index contributed by atoms with van der Waals surface area (Å²) in [4.78, 5) is 12.3. The minimum absolute atomic E-state index is 0.107. The van der Waals surface area contributed by atoms with Crippen LogP contribution in [0.4, 0.5) is 0 Å². The summed E-state index contributed by atoms with van der Waals surface area (Å²) >= 11 is 0. The maximum atomic E-state index is 12.3. The van der Waals surface area contributed by atoms with Crippen LogP contribution in [-0.4, -0.2) is 28.7 Å². The Morgan fingerprint density at radius 2 is 2.15 bits per heavy atom. The molecule has 140 valence electrons. The Balaban J connectivity index is 1.57. The first-order valence-electron chi connectivity index (χ1n) is 9.12. The van der Waals surface area contributed by atoms with Crippen LogP contribution in [0.2, 0.25) is 0 Å². The summed E-state index contributed by atoms with van der Waals surface area (Å²) in [5.41, 5.74) is 1.96. The summed E-state index contributed by atoms with van der Waals surface area (Å²) in [5.74, 6) is 0.459. The fraction of sp³-hybridized carbons (Fsp3) is 0.476. The van der Waals surface area contributed by atoms with Gasteiger partial charge >= 0.3 is 0 Å². The number of Topliss-reactive ketones (excluding diaryl/α,β-unsaturated/α-hetero) is 1. The fourth-order valence-electron chi connectivity index (χ4n) is 3.64. The summed E-state index contributed by atoms with van der Waals surface area (Å²) in [7, 11) is 0. The van der Waals surface area contributed by atoms with E-state index in [1.165, 1.54) is 0 Å². The number of carbonyl (C=O) groups excluding carboxylic acids is 1. The maximum absolute atomic E-state index is 12.3. The molecule has 3 rings (SSSR count). The third kappa shape index (κ3) is 4.61. The second-order valence-electron chi connectivity index (χ2n) is 7.06. The standard InChI is InChI=1S/C21H26O5/c1-14(22)16-5-2-4-15(10-16)7-8-18-19(21(24)11-20(18)23)13-25-12-17-6-3-9-26-17/h2-6,9-10,14,18-19,21-22,24H,7-8,11-13H2,1H3/t14?,18-,19-,21?/m1/s1. The smallest absolute Gasteiger partial charge is 0.139 e. The first-order valence-corrected chi connectivity index (χ1v) is 9.12. The molecule has 1 aliphatic rings. The molecule has 2 aromatic rings. The van der Waals surface area contributed by atoms with E-state index in [2.05, 4.69) is 0 Å². The van der Waals surface area contributed by atoms with Crippen LogP contribution in [0, 0.1) is 11.8 Å². The lowest BCUT2D eigenvalue weighted by molar-refractivity contribution is -0.121. The number of rotatable bonds is 8. The molecule has 2 unspecified atom stereocenters. The number of hydrogen-bond acceptors (Lipinski definition) is 5. The number of aliphatic hydroxyl groups is 2. The van der Waals surface area contributed by atoms with E-state index in [0.717, 1.165) is 23.3 Å². The molecule has 1 aliphatic carbocycles. The zero-order valence-electron chi connectivity index (χ0n) is 15.0. The van der Waals surface area contributed by atoms with Gasteiger partial charge in [0.05, 0.1) is 25.1 Å². The lowest BCUT2D eigenvalue weighted by Gasteiger charge is -2.21. The summed E-state index contributed by atoms with van der Waals surface area (Å²) in [6.07, 6.45) is 2.05. The highest BCUT2D eigenvalue weighted by Crippen LogP contribution is 2.33. The molecule has 0 saturated heterocycles. The Kier molecular flexibility index (Phi) is 6.25. The largest absolute Gasteiger partial charge is 0.467 e. The Bertz CT molecular complexity index is 707. The first-order chi connectivity index (χ1) is 12.5. The van der Waals surface area contributed by atoms with Gasteiger partial charge < -0.3 is 19.4 Å². The molecule has 1 heterocycles. The second kappa shape index (κ2) is 8.62. The van der Waals surface area contributed by atoms with Crippen molar-refractivity contribution in [2.45, 2.75) is 45.0 Å². The molecule has 0 amide bonds. The van der Waals surface area contributed by atoms with Crippen molar-refractivity contribution in [3.05, 3.63) is 59.5 Å². The van der Waals surface area contributed by atoms with E-state index < -0.39 is 12.2 Å². The highest BCUT2D eigenvalue weighted by Gasteiger charge is 2.41. The maximum Gasteiger partial charge on any atom is 0.139 e. The van der Waals surface area contributed by atoms with Crippen LogP contribution < -0.4 is 0 Å². The summed E-state index contributed by atoms with van der Waals surface area (Å²) in [6, 6.07) is 11.4. The lowest BCUT2D eigenvalue weighted by Crippen LogP contribution is -2.26. The van der Waals surface area contributed by atoms with Crippen LogP contribution in [0.5, 0.6) is 0 Å². The molecule has 2 N–H and O–H groups in total. The molecular formula is C21H26O5. The molecule has 1 fully saturated rings. The molecule has 5 heteroatoms. The minimum Gasteiger partial charge on any atom is -0.467 e. The van der Waals surface area contributed by atoms with Crippen molar-refractivity contribution in [2.75, 3.05) is 6.61 Å². The van der Waals surface area contributed by atoms with Gasteiger partial charge in [0.15, 0.2) is 0 Å². The van der Waals surface area contributed by atoms with Crippen LogP contribution >= 0.6 is 0 Å². The van der Waals surface area contributed by atoms with Gasteiger partial charge in [0.25, 0.3) is 0 Å². The average Bonchev–Trinajstić information content (AvgIpc) is 3.22. The molecule has 1 saturated carbocycles. The van der Waals surface area contributed by atoms with Crippen LogP contribution in [-0.2, 0) is 22.6 Å². The highest BCUT2D eigenvalue weighted by atomic mass is 16.5. The molecule has 4 atom stereocenters. The third-order valence-corrected chi connectivity index (χ3v) is 5.15. The van der Waals surface area contributed by atoms with E-state index in [0.29, 0.717) is 19.6 Å². The fourth-order valence-corrected chi connectivity index (χ4v) is 3.64. The first kappa shape index (κ1) is 18.8. The monoisotopic (exact) mass is 358 g/mol. The summed E-state index contributed by atoms with van der Waals surface area (Å²) in [5, 5.41) is 20.0. The predicted octanol–water partition coefficient (Wildman–Crippen LogP) is 3.05. The molecule has 0 radical (unpaired) electrons. The topological polar surface area (TPSA) is 79.9 Å². The van der Waals surface area contributed by atoms with Gasteiger partial charge in [-0.15, -0.1) is 0 Å². The molecule has 5 nitrogen and oxygen atoms in total. The van der Waals surface area contributed by atoms with E-state index in [-0.39, 0.29) is 24.0 Å². The number of furan rings is 1. The number of ether oxygens (including phenoxy) is 1. The normalized spacial score (nSPS) is 24.1. The van der Waals surface area contributed by atoms with Crippen molar-refractivity contribution in [1.82, 2.24) is 0 Å². The van der Waals surface area contributed by atoms with E-state index in [1.807, 2.05) is 30.3 Å². The number of ketones is 1. The van der Waals surface area contributed by atoms with Crippen molar-refractivity contribution in [2.24, 2.45) is 11.8 Å².